The summed E-state index contributed by atoms with van der Waals surface area (Å²) in [6.07, 6.45) is 1.45. The van der Waals surface area contributed by atoms with E-state index in [9.17, 15) is 14.7 Å². The van der Waals surface area contributed by atoms with Gasteiger partial charge in [0.05, 0.1) is 15.6 Å². The van der Waals surface area contributed by atoms with E-state index in [0.29, 0.717) is 42.8 Å². The van der Waals surface area contributed by atoms with Crippen LogP contribution < -0.4 is 0 Å². The zero-order chi connectivity index (χ0) is 18.8. The van der Waals surface area contributed by atoms with Gasteiger partial charge in [-0.1, -0.05) is 29.3 Å². The fourth-order valence-electron chi connectivity index (χ4n) is 2.98. The summed E-state index contributed by atoms with van der Waals surface area (Å²) in [6.45, 7) is 3.14. The number of carbonyl (C=O) groups excluding carboxylic acids is 1. The molecule has 0 spiro atoms. The Morgan fingerprint density at radius 2 is 1.85 bits per heavy atom. The molecular weight excluding hydrogens is 379 g/mol. The first-order chi connectivity index (χ1) is 12.3. The standard InChI is InChI=1S/C17H18Cl2N4O3/c1-21-10-12(15(20-21)17(25)26)16(24)23-6-4-22(5-7-23)9-11-2-3-13(18)14(19)8-11/h2-3,8,10H,4-7,9H2,1H3,(H,25,26). The molecule has 7 nitrogen and oxygen atoms in total. The van der Waals surface area contributed by atoms with Gasteiger partial charge in [0.1, 0.15) is 0 Å². The quantitative estimate of drug-likeness (QED) is 0.857. The summed E-state index contributed by atoms with van der Waals surface area (Å²) in [7, 11) is 1.60. The largest absolute Gasteiger partial charge is 0.476 e. The molecule has 2 aromatic rings. The van der Waals surface area contributed by atoms with Crippen molar-refractivity contribution in [2.75, 3.05) is 26.2 Å². The summed E-state index contributed by atoms with van der Waals surface area (Å²) in [5, 5.41) is 14.1. The molecule has 3 rings (SSSR count). The molecule has 2 heterocycles. The van der Waals surface area contributed by atoms with Crippen LogP contribution in [0.1, 0.15) is 26.4 Å². The van der Waals surface area contributed by atoms with E-state index in [1.54, 1.807) is 18.0 Å². The highest BCUT2D eigenvalue weighted by Gasteiger charge is 2.27. The van der Waals surface area contributed by atoms with Crippen LogP contribution in [0.25, 0.3) is 0 Å². The third kappa shape index (κ3) is 4.00. The number of nitrogens with zero attached hydrogens (tertiary/aromatic N) is 4. The number of piperazine rings is 1. The number of benzene rings is 1. The van der Waals surface area contributed by atoms with E-state index >= 15 is 0 Å². The van der Waals surface area contributed by atoms with Gasteiger partial charge in [-0.2, -0.15) is 5.10 Å². The Hall–Kier alpha value is -2.09. The Kier molecular flexibility index (Phi) is 5.50. The van der Waals surface area contributed by atoms with Gasteiger partial charge in [0.25, 0.3) is 5.91 Å². The van der Waals surface area contributed by atoms with Crippen LogP contribution in [0.4, 0.5) is 0 Å². The van der Waals surface area contributed by atoms with Gasteiger partial charge in [0, 0.05) is 46.0 Å². The average Bonchev–Trinajstić information content (AvgIpc) is 3.00. The lowest BCUT2D eigenvalue weighted by Crippen LogP contribution is -2.48. The van der Waals surface area contributed by atoms with Crippen molar-refractivity contribution < 1.29 is 14.7 Å². The Balaban J connectivity index is 1.62. The number of halogens is 2. The molecule has 0 bridgehead atoms. The van der Waals surface area contributed by atoms with E-state index in [-0.39, 0.29) is 17.2 Å². The molecule has 1 aromatic heterocycles. The fourth-order valence-corrected chi connectivity index (χ4v) is 3.30. The minimum atomic E-state index is -1.20. The molecule has 138 valence electrons. The van der Waals surface area contributed by atoms with E-state index in [0.717, 1.165) is 5.56 Å². The molecule has 1 N–H and O–H groups in total. The lowest BCUT2D eigenvalue weighted by molar-refractivity contribution is 0.0608. The van der Waals surface area contributed by atoms with Gasteiger partial charge in [0.2, 0.25) is 0 Å². The number of carbonyl (C=O) groups is 2. The van der Waals surface area contributed by atoms with Gasteiger partial charge < -0.3 is 10.0 Å². The maximum absolute atomic E-state index is 12.6. The van der Waals surface area contributed by atoms with Crippen molar-refractivity contribution in [2.24, 2.45) is 7.05 Å². The second-order valence-corrected chi connectivity index (χ2v) is 7.00. The smallest absolute Gasteiger partial charge is 0.357 e. The van der Waals surface area contributed by atoms with Crippen molar-refractivity contribution in [2.45, 2.75) is 6.54 Å². The van der Waals surface area contributed by atoms with Crippen molar-refractivity contribution >= 4 is 35.1 Å². The lowest BCUT2D eigenvalue weighted by Gasteiger charge is -2.34. The predicted octanol–water partition coefficient (Wildman–Crippen LogP) is 2.38. The topological polar surface area (TPSA) is 78.7 Å². The first kappa shape index (κ1) is 18.7. The molecule has 1 fully saturated rings. The molecule has 1 aliphatic rings. The molecule has 1 saturated heterocycles. The second-order valence-electron chi connectivity index (χ2n) is 6.19. The summed E-state index contributed by atoms with van der Waals surface area (Å²) in [5.74, 6) is -1.50. The predicted molar refractivity (Wildman–Crippen MR) is 97.8 cm³/mol. The van der Waals surface area contributed by atoms with E-state index in [1.165, 1.54) is 10.9 Å². The van der Waals surface area contributed by atoms with Crippen molar-refractivity contribution in [3.63, 3.8) is 0 Å². The van der Waals surface area contributed by atoms with Gasteiger partial charge in [-0.3, -0.25) is 14.4 Å². The minimum absolute atomic E-state index is 0.123. The molecule has 1 amide bonds. The fraction of sp³-hybridized carbons (Fsp3) is 0.353. The highest BCUT2D eigenvalue weighted by molar-refractivity contribution is 6.42. The Morgan fingerprint density at radius 3 is 2.46 bits per heavy atom. The highest BCUT2D eigenvalue weighted by Crippen LogP contribution is 2.23. The van der Waals surface area contributed by atoms with Gasteiger partial charge in [-0.25, -0.2) is 4.79 Å². The zero-order valence-electron chi connectivity index (χ0n) is 14.2. The van der Waals surface area contributed by atoms with Crippen molar-refractivity contribution in [3.05, 3.63) is 51.3 Å². The SMILES string of the molecule is Cn1cc(C(=O)N2CCN(Cc3ccc(Cl)c(Cl)c3)CC2)c(C(=O)O)n1. The van der Waals surface area contributed by atoms with E-state index < -0.39 is 5.97 Å². The maximum atomic E-state index is 12.6. The van der Waals surface area contributed by atoms with Gasteiger partial charge in [0.15, 0.2) is 5.69 Å². The van der Waals surface area contributed by atoms with Gasteiger partial charge in [-0.15, -0.1) is 0 Å². The molecule has 1 aromatic carbocycles. The number of amides is 1. The Bertz CT molecular complexity index is 845. The summed E-state index contributed by atoms with van der Waals surface area (Å²) < 4.78 is 1.34. The van der Waals surface area contributed by atoms with Crippen LogP contribution in [0.15, 0.2) is 24.4 Å². The third-order valence-corrected chi connectivity index (χ3v) is 5.05. The van der Waals surface area contributed by atoms with E-state index in [1.807, 2.05) is 12.1 Å². The highest BCUT2D eigenvalue weighted by atomic mass is 35.5. The molecule has 0 saturated carbocycles. The third-order valence-electron chi connectivity index (χ3n) is 4.31. The van der Waals surface area contributed by atoms with Crippen LogP contribution in [-0.2, 0) is 13.6 Å². The molecule has 1 aliphatic heterocycles. The zero-order valence-corrected chi connectivity index (χ0v) is 15.7. The first-order valence-electron chi connectivity index (χ1n) is 8.07. The van der Waals surface area contributed by atoms with E-state index in [4.69, 9.17) is 23.2 Å². The van der Waals surface area contributed by atoms with Crippen molar-refractivity contribution in [3.8, 4) is 0 Å². The summed E-state index contributed by atoms with van der Waals surface area (Å²) in [4.78, 5) is 27.8. The maximum Gasteiger partial charge on any atom is 0.357 e. The Labute approximate surface area is 160 Å². The number of carboxylic acid groups (broad SMARTS) is 1. The van der Waals surface area contributed by atoms with Crippen LogP contribution in [0.5, 0.6) is 0 Å². The van der Waals surface area contributed by atoms with Crippen LogP contribution >= 0.6 is 23.2 Å². The minimum Gasteiger partial charge on any atom is -0.476 e. The summed E-state index contributed by atoms with van der Waals surface area (Å²) in [5.41, 5.74) is 0.966. The summed E-state index contributed by atoms with van der Waals surface area (Å²) in [6, 6.07) is 5.55. The van der Waals surface area contributed by atoms with Gasteiger partial charge >= 0.3 is 5.97 Å². The lowest BCUT2D eigenvalue weighted by atomic mass is 10.1. The van der Waals surface area contributed by atoms with Crippen LogP contribution in [0.3, 0.4) is 0 Å². The molecule has 0 radical (unpaired) electrons. The van der Waals surface area contributed by atoms with E-state index in [2.05, 4.69) is 10.00 Å². The molecule has 0 atom stereocenters. The molecular formula is C17H18Cl2N4O3. The number of aromatic carboxylic acids is 1. The number of aryl methyl sites for hydroxylation is 1. The average molecular weight is 397 g/mol. The van der Waals surface area contributed by atoms with Crippen molar-refractivity contribution in [1.82, 2.24) is 19.6 Å². The van der Waals surface area contributed by atoms with Crippen LogP contribution in [-0.4, -0.2) is 62.7 Å². The summed E-state index contributed by atoms with van der Waals surface area (Å²) >= 11 is 12.0. The van der Waals surface area contributed by atoms with Crippen molar-refractivity contribution in [1.29, 1.82) is 0 Å². The number of carboxylic acids is 1. The molecule has 9 heteroatoms. The normalized spacial score (nSPS) is 15.3. The number of hydrogen-bond donors (Lipinski definition) is 1. The Morgan fingerprint density at radius 1 is 1.15 bits per heavy atom. The van der Waals surface area contributed by atoms with Gasteiger partial charge in [-0.05, 0) is 17.7 Å². The van der Waals surface area contributed by atoms with Crippen LogP contribution in [0.2, 0.25) is 10.0 Å². The molecule has 26 heavy (non-hydrogen) atoms. The molecule has 0 aliphatic carbocycles. The number of rotatable bonds is 4. The number of aromatic nitrogens is 2. The van der Waals surface area contributed by atoms with Crippen LogP contribution in [0, 0.1) is 0 Å². The molecule has 0 unspecified atom stereocenters. The number of hydrogen-bond acceptors (Lipinski definition) is 4. The second kappa shape index (κ2) is 7.65. The first-order valence-corrected chi connectivity index (χ1v) is 8.83. The monoisotopic (exact) mass is 396 g/mol.